The van der Waals surface area contributed by atoms with Gasteiger partial charge in [-0.25, -0.2) is 14.2 Å². The number of rotatable bonds is 8. The number of thioether (sulfide) groups is 1. The number of halogens is 1. The highest BCUT2D eigenvalue weighted by Gasteiger charge is 2.41. The number of ether oxygens (including phenoxy) is 1. The molecule has 0 spiro atoms. The molecule has 1 atom stereocenters. The maximum atomic E-state index is 14.2. The Morgan fingerprint density at radius 2 is 2.12 bits per heavy atom. The van der Waals surface area contributed by atoms with Gasteiger partial charge in [-0.3, -0.25) is 4.79 Å². The third-order valence-corrected chi connectivity index (χ3v) is 7.23. The van der Waals surface area contributed by atoms with Crippen molar-refractivity contribution < 1.29 is 18.7 Å². The van der Waals surface area contributed by atoms with E-state index in [2.05, 4.69) is 10.3 Å². The number of benzene rings is 1. The Kier molecular flexibility index (Phi) is 7.29. The smallest absolute Gasteiger partial charge is 0.338 e. The molecule has 4 rings (SSSR count). The van der Waals surface area contributed by atoms with Gasteiger partial charge in [-0.2, -0.15) is 0 Å². The number of allylic oxidation sites excluding steroid dienone is 1. The molecule has 2 aromatic rings. The van der Waals surface area contributed by atoms with Gasteiger partial charge < -0.3 is 15.0 Å². The minimum absolute atomic E-state index is 0.123. The number of hydrogen-bond acceptors (Lipinski definition) is 7. The van der Waals surface area contributed by atoms with Crippen molar-refractivity contribution in [3.05, 3.63) is 80.4 Å². The van der Waals surface area contributed by atoms with E-state index >= 15 is 0 Å². The number of methoxy groups -OCH3 is 1. The number of nitrogens with one attached hydrogen (secondary N) is 1. The van der Waals surface area contributed by atoms with E-state index in [1.54, 1.807) is 23.5 Å². The van der Waals surface area contributed by atoms with E-state index in [0.717, 1.165) is 6.42 Å². The Labute approximate surface area is 200 Å². The summed E-state index contributed by atoms with van der Waals surface area (Å²) in [6.07, 6.45) is 1.42. The topological polar surface area (TPSA) is 71.0 Å². The Morgan fingerprint density at radius 3 is 2.82 bits per heavy atom. The second-order valence-electron chi connectivity index (χ2n) is 7.51. The zero-order chi connectivity index (χ0) is 23.4. The molecule has 0 fully saturated rings. The molecular formula is C24H24FN3O3S2. The first-order valence-corrected chi connectivity index (χ1v) is 12.4. The number of esters is 1. The van der Waals surface area contributed by atoms with Gasteiger partial charge in [-0.1, -0.05) is 36.9 Å². The SMILES string of the molecule is CCC1=C(C(=O)OC)[C@@H](c2cccc(F)c2)N2C(CC(=O)NCCc3cccs3)=CSC2=N1. The van der Waals surface area contributed by atoms with Crippen molar-refractivity contribution in [1.82, 2.24) is 10.2 Å². The normalized spacial score (nSPS) is 17.4. The number of nitrogens with zero attached hydrogens (tertiary/aromatic N) is 2. The number of hydrogen-bond donors (Lipinski definition) is 1. The molecule has 33 heavy (non-hydrogen) atoms. The second kappa shape index (κ2) is 10.4. The molecule has 2 aliphatic rings. The standard InChI is InChI=1S/C24H24FN3O3S2/c1-3-19-21(23(30)31-2)22(15-6-4-7-16(25)12-15)28-17(14-33-24(28)27-19)13-20(29)26-10-9-18-8-5-11-32-18/h4-8,11-12,14,22H,3,9-10,13H2,1-2H3,(H,26,29)/t22-/m1/s1. The van der Waals surface area contributed by atoms with Crippen LogP contribution in [0.4, 0.5) is 4.39 Å². The van der Waals surface area contributed by atoms with Gasteiger partial charge in [0.25, 0.3) is 0 Å². The number of amidine groups is 1. The van der Waals surface area contributed by atoms with Crippen LogP contribution in [0.2, 0.25) is 0 Å². The zero-order valence-electron chi connectivity index (χ0n) is 18.3. The van der Waals surface area contributed by atoms with Crippen molar-refractivity contribution >= 4 is 40.1 Å². The molecule has 1 N–H and O–H groups in total. The molecule has 9 heteroatoms. The minimum atomic E-state index is -0.629. The number of carbonyl (C=O) groups is 2. The van der Waals surface area contributed by atoms with Gasteiger partial charge in [0.2, 0.25) is 5.91 Å². The average Bonchev–Trinajstić information content (AvgIpc) is 3.47. The summed E-state index contributed by atoms with van der Waals surface area (Å²) in [6.45, 7) is 2.46. The van der Waals surface area contributed by atoms with Gasteiger partial charge in [-0.15, -0.1) is 11.3 Å². The number of fused-ring (bicyclic) bond motifs is 1. The molecule has 0 bridgehead atoms. The van der Waals surface area contributed by atoms with E-state index in [1.807, 2.05) is 34.7 Å². The molecule has 172 valence electrons. The second-order valence-corrected chi connectivity index (χ2v) is 9.38. The lowest BCUT2D eigenvalue weighted by Crippen LogP contribution is -2.38. The summed E-state index contributed by atoms with van der Waals surface area (Å²) >= 11 is 3.06. The first-order valence-electron chi connectivity index (χ1n) is 10.6. The molecule has 6 nitrogen and oxygen atoms in total. The van der Waals surface area contributed by atoms with Gasteiger partial charge in [0.1, 0.15) is 5.82 Å². The summed E-state index contributed by atoms with van der Waals surface area (Å²) in [4.78, 5) is 33.2. The van der Waals surface area contributed by atoms with E-state index < -0.39 is 17.8 Å². The summed E-state index contributed by atoms with van der Waals surface area (Å²) < 4.78 is 19.2. The molecule has 1 amide bonds. The van der Waals surface area contributed by atoms with Gasteiger partial charge in [0.05, 0.1) is 30.8 Å². The van der Waals surface area contributed by atoms with Gasteiger partial charge in [0, 0.05) is 17.1 Å². The molecule has 0 unspecified atom stereocenters. The fourth-order valence-electron chi connectivity index (χ4n) is 3.91. The van der Waals surface area contributed by atoms with Crippen molar-refractivity contribution in [2.75, 3.05) is 13.7 Å². The summed E-state index contributed by atoms with van der Waals surface area (Å²) in [5, 5.41) is 7.51. The van der Waals surface area contributed by atoms with Crippen LogP contribution in [-0.4, -0.2) is 35.6 Å². The van der Waals surface area contributed by atoms with Crippen molar-refractivity contribution in [3.8, 4) is 0 Å². The van der Waals surface area contributed by atoms with E-state index in [4.69, 9.17) is 4.74 Å². The van der Waals surface area contributed by atoms with Crippen LogP contribution in [0.5, 0.6) is 0 Å². The fraction of sp³-hybridized carbons (Fsp3) is 0.292. The minimum Gasteiger partial charge on any atom is -0.466 e. The van der Waals surface area contributed by atoms with Crippen molar-refractivity contribution in [2.24, 2.45) is 4.99 Å². The maximum Gasteiger partial charge on any atom is 0.338 e. The summed E-state index contributed by atoms with van der Waals surface area (Å²) in [5.74, 6) is -1.04. The Balaban J connectivity index is 1.59. The Bertz CT molecular complexity index is 1140. The van der Waals surface area contributed by atoms with Crippen LogP contribution in [-0.2, 0) is 20.7 Å². The van der Waals surface area contributed by atoms with Crippen LogP contribution < -0.4 is 5.32 Å². The Hall–Kier alpha value is -2.91. The van der Waals surface area contributed by atoms with Crippen molar-refractivity contribution in [3.63, 3.8) is 0 Å². The van der Waals surface area contributed by atoms with Gasteiger partial charge in [-0.05, 0) is 47.4 Å². The third-order valence-electron chi connectivity index (χ3n) is 5.41. The number of aliphatic imine (C=N–C) groups is 1. The monoisotopic (exact) mass is 485 g/mol. The molecule has 2 aliphatic heterocycles. The average molecular weight is 486 g/mol. The zero-order valence-corrected chi connectivity index (χ0v) is 20.0. The summed E-state index contributed by atoms with van der Waals surface area (Å²) in [5.41, 5.74) is 2.27. The predicted octanol–water partition coefficient (Wildman–Crippen LogP) is 4.77. The first kappa shape index (κ1) is 23.3. The highest BCUT2D eigenvalue weighted by molar-refractivity contribution is 8.16. The maximum absolute atomic E-state index is 14.2. The van der Waals surface area contributed by atoms with E-state index in [0.29, 0.717) is 40.7 Å². The molecular weight excluding hydrogens is 461 g/mol. The molecule has 0 saturated carbocycles. The van der Waals surface area contributed by atoms with Crippen LogP contribution in [0.1, 0.15) is 36.2 Å². The number of thiophene rings is 1. The largest absolute Gasteiger partial charge is 0.466 e. The van der Waals surface area contributed by atoms with Gasteiger partial charge in [0.15, 0.2) is 5.17 Å². The number of carbonyl (C=O) groups excluding carboxylic acids is 2. The predicted molar refractivity (Wildman–Crippen MR) is 129 cm³/mol. The van der Waals surface area contributed by atoms with Crippen LogP contribution in [0, 0.1) is 5.82 Å². The van der Waals surface area contributed by atoms with Crippen LogP contribution in [0.3, 0.4) is 0 Å². The molecule has 0 saturated heterocycles. The fourth-order valence-corrected chi connectivity index (χ4v) is 5.56. The summed E-state index contributed by atoms with van der Waals surface area (Å²) in [7, 11) is 1.32. The van der Waals surface area contributed by atoms with Crippen LogP contribution in [0.15, 0.2) is 69.1 Å². The van der Waals surface area contributed by atoms with E-state index in [9.17, 15) is 14.0 Å². The van der Waals surface area contributed by atoms with Crippen LogP contribution >= 0.6 is 23.1 Å². The number of amides is 1. The van der Waals surface area contributed by atoms with Crippen molar-refractivity contribution in [1.29, 1.82) is 0 Å². The lowest BCUT2D eigenvalue weighted by Gasteiger charge is -2.36. The first-order chi connectivity index (χ1) is 16.0. The highest BCUT2D eigenvalue weighted by Crippen LogP contribution is 2.45. The lowest BCUT2D eigenvalue weighted by molar-refractivity contribution is -0.136. The quantitative estimate of drug-likeness (QED) is 0.545. The highest BCUT2D eigenvalue weighted by atomic mass is 32.2. The van der Waals surface area contributed by atoms with Crippen molar-refractivity contribution in [2.45, 2.75) is 32.2 Å². The summed E-state index contributed by atoms with van der Waals surface area (Å²) in [6, 6.07) is 9.55. The molecule has 1 aromatic carbocycles. The van der Waals surface area contributed by atoms with Crippen LogP contribution in [0.25, 0.3) is 0 Å². The molecule has 0 aliphatic carbocycles. The van der Waals surface area contributed by atoms with E-state index in [1.165, 1.54) is 35.9 Å². The molecule has 3 heterocycles. The van der Waals surface area contributed by atoms with Gasteiger partial charge >= 0.3 is 5.97 Å². The lowest BCUT2D eigenvalue weighted by atomic mass is 9.93. The third kappa shape index (κ3) is 5.04. The van der Waals surface area contributed by atoms with E-state index in [-0.39, 0.29) is 12.3 Å². The molecule has 1 aromatic heterocycles. The molecule has 0 radical (unpaired) electrons. The Morgan fingerprint density at radius 1 is 1.27 bits per heavy atom.